The van der Waals surface area contributed by atoms with Gasteiger partial charge < -0.3 is 15.2 Å². The lowest BCUT2D eigenvalue weighted by atomic mass is 10.5. The number of ether oxygens (including phenoxy) is 1. The number of rotatable bonds is 4. The molecule has 0 saturated carbocycles. The molecule has 1 aliphatic heterocycles. The Kier molecular flexibility index (Phi) is 4.02. The molecule has 12 heavy (non-hydrogen) atoms. The minimum absolute atomic E-state index is 0.316. The summed E-state index contributed by atoms with van der Waals surface area (Å²) in [7, 11) is 0. The van der Waals surface area contributed by atoms with E-state index < -0.39 is 6.41 Å². The summed E-state index contributed by atoms with van der Waals surface area (Å²) in [5.41, 5.74) is 0. The first-order valence-corrected chi connectivity index (χ1v) is 4.04. The molecule has 0 fully saturated rings. The summed E-state index contributed by atoms with van der Waals surface area (Å²) in [4.78, 5) is 0. The lowest BCUT2D eigenvalue weighted by Gasteiger charge is -2.24. The fourth-order valence-corrected chi connectivity index (χ4v) is 0.887. The summed E-state index contributed by atoms with van der Waals surface area (Å²) in [6.07, 6.45) is 2.48. The Labute approximate surface area is 71.8 Å². The molecule has 5 nitrogen and oxygen atoms in total. The number of nitrogens with one attached hydrogen (secondary N) is 3. The topological polar surface area (TPSA) is 65.5 Å². The lowest BCUT2D eigenvalue weighted by Crippen LogP contribution is -2.49. The summed E-state index contributed by atoms with van der Waals surface area (Å²) in [5, 5.41) is 17.8. The summed E-state index contributed by atoms with van der Waals surface area (Å²) < 4.78 is 5.10. The van der Waals surface area contributed by atoms with Crippen molar-refractivity contribution < 1.29 is 9.84 Å². The van der Waals surface area contributed by atoms with Gasteiger partial charge in [-0.15, -0.1) is 0 Å². The first kappa shape index (κ1) is 9.47. The molecule has 4 N–H and O–H groups in total. The molecule has 0 amide bonds. The first-order chi connectivity index (χ1) is 5.83. The normalized spacial score (nSPS) is 25.0. The van der Waals surface area contributed by atoms with E-state index >= 15 is 0 Å². The molecular weight excluding hydrogens is 158 g/mol. The van der Waals surface area contributed by atoms with E-state index in [9.17, 15) is 0 Å². The molecule has 2 atom stereocenters. The zero-order valence-electron chi connectivity index (χ0n) is 7.08. The van der Waals surface area contributed by atoms with Crippen molar-refractivity contribution in [3.05, 3.63) is 12.3 Å². The van der Waals surface area contributed by atoms with Crippen LogP contribution >= 0.6 is 0 Å². The van der Waals surface area contributed by atoms with Crippen LogP contribution in [0.15, 0.2) is 12.3 Å². The Morgan fingerprint density at radius 1 is 1.83 bits per heavy atom. The fourth-order valence-electron chi connectivity index (χ4n) is 0.887. The maximum absolute atomic E-state index is 9.16. The number of hydrogen-bond acceptors (Lipinski definition) is 5. The summed E-state index contributed by atoms with van der Waals surface area (Å²) in [5.74, 6) is 0. The smallest absolute Gasteiger partial charge is 0.216 e. The van der Waals surface area contributed by atoms with Gasteiger partial charge in [-0.25, -0.2) is 0 Å². The largest absolute Gasteiger partial charge is 0.356 e. The van der Waals surface area contributed by atoms with Gasteiger partial charge in [-0.05, 0) is 12.7 Å². The zero-order chi connectivity index (χ0) is 8.81. The second kappa shape index (κ2) is 5.10. The Hall–Kier alpha value is -0.620. The third kappa shape index (κ3) is 3.19. The van der Waals surface area contributed by atoms with Crippen molar-refractivity contribution in [3.63, 3.8) is 0 Å². The molecule has 5 heteroatoms. The lowest BCUT2D eigenvalue weighted by molar-refractivity contribution is -0.167. The van der Waals surface area contributed by atoms with E-state index in [2.05, 4.69) is 16.0 Å². The van der Waals surface area contributed by atoms with Crippen LogP contribution in [-0.2, 0) is 4.74 Å². The highest BCUT2D eigenvalue weighted by Crippen LogP contribution is 1.91. The van der Waals surface area contributed by atoms with Crippen molar-refractivity contribution in [1.82, 2.24) is 16.0 Å². The zero-order valence-corrected chi connectivity index (χ0v) is 7.08. The molecule has 0 bridgehead atoms. The van der Waals surface area contributed by atoms with E-state index in [0.717, 1.165) is 6.54 Å². The van der Waals surface area contributed by atoms with E-state index in [1.807, 2.05) is 13.0 Å². The molecule has 0 spiro atoms. The van der Waals surface area contributed by atoms with Gasteiger partial charge >= 0.3 is 0 Å². The highest BCUT2D eigenvalue weighted by molar-refractivity contribution is 4.87. The van der Waals surface area contributed by atoms with Crippen LogP contribution in [0.3, 0.4) is 0 Å². The third-order valence-corrected chi connectivity index (χ3v) is 1.43. The highest BCUT2D eigenvalue weighted by Gasteiger charge is 2.12. The molecule has 0 radical (unpaired) electrons. The van der Waals surface area contributed by atoms with Crippen LogP contribution in [0.5, 0.6) is 0 Å². The molecule has 0 aromatic rings. The summed E-state index contributed by atoms with van der Waals surface area (Å²) >= 11 is 0. The van der Waals surface area contributed by atoms with Crippen molar-refractivity contribution in [2.45, 2.75) is 19.7 Å². The van der Waals surface area contributed by atoms with Gasteiger partial charge in [0.05, 0.1) is 0 Å². The van der Waals surface area contributed by atoms with Crippen LogP contribution in [-0.4, -0.2) is 31.0 Å². The Balaban J connectivity index is 2.16. The van der Waals surface area contributed by atoms with Crippen molar-refractivity contribution in [1.29, 1.82) is 0 Å². The molecule has 70 valence electrons. The molecule has 2 unspecified atom stereocenters. The summed E-state index contributed by atoms with van der Waals surface area (Å²) in [6, 6.07) is 0. The second-order valence-electron chi connectivity index (χ2n) is 2.40. The van der Waals surface area contributed by atoms with Crippen molar-refractivity contribution in [3.8, 4) is 0 Å². The van der Waals surface area contributed by atoms with Crippen LogP contribution in [0.25, 0.3) is 0 Å². The number of aliphatic hydroxyl groups is 1. The maximum atomic E-state index is 9.16. The van der Waals surface area contributed by atoms with E-state index in [0.29, 0.717) is 6.54 Å². The standard InChI is InChI=1S/C7H15N3O2/c1-2-8-7(11)12-6-9-4-3-5-10-6/h3-4,6-11H,2,5H2,1H3. The van der Waals surface area contributed by atoms with Gasteiger partial charge in [0.15, 0.2) is 6.35 Å². The molecule has 0 aromatic carbocycles. The van der Waals surface area contributed by atoms with Crippen molar-refractivity contribution >= 4 is 0 Å². The predicted octanol–water partition coefficient (Wildman–Crippen LogP) is -1.12. The van der Waals surface area contributed by atoms with Crippen LogP contribution in [0.4, 0.5) is 0 Å². The van der Waals surface area contributed by atoms with Gasteiger partial charge in [0.25, 0.3) is 0 Å². The molecule has 0 aliphatic carbocycles. The van der Waals surface area contributed by atoms with Gasteiger partial charge in [-0.3, -0.25) is 10.6 Å². The monoisotopic (exact) mass is 173 g/mol. The van der Waals surface area contributed by atoms with E-state index in [4.69, 9.17) is 9.84 Å². The Morgan fingerprint density at radius 3 is 3.25 bits per heavy atom. The number of aliphatic hydroxyl groups excluding tert-OH is 1. The van der Waals surface area contributed by atoms with Crippen LogP contribution in [0.2, 0.25) is 0 Å². The maximum Gasteiger partial charge on any atom is 0.216 e. The van der Waals surface area contributed by atoms with Crippen LogP contribution in [0.1, 0.15) is 6.92 Å². The predicted molar refractivity (Wildman–Crippen MR) is 44.8 cm³/mol. The van der Waals surface area contributed by atoms with Crippen molar-refractivity contribution in [2.24, 2.45) is 0 Å². The number of hydrogen-bond donors (Lipinski definition) is 4. The first-order valence-electron chi connectivity index (χ1n) is 4.04. The second-order valence-corrected chi connectivity index (χ2v) is 2.40. The van der Waals surface area contributed by atoms with Gasteiger partial charge in [-0.2, -0.15) is 0 Å². The van der Waals surface area contributed by atoms with Crippen LogP contribution < -0.4 is 16.0 Å². The average Bonchev–Trinajstić information content (AvgIpc) is 2.06. The highest BCUT2D eigenvalue weighted by atomic mass is 16.6. The Morgan fingerprint density at radius 2 is 2.67 bits per heavy atom. The minimum Gasteiger partial charge on any atom is -0.356 e. The van der Waals surface area contributed by atoms with E-state index in [-0.39, 0.29) is 6.35 Å². The SMILES string of the molecule is CCNC(O)OC1NC=CCN1. The van der Waals surface area contributed by atoms with Gasteiger partial charge in [-0.1, -0.05) is 13.0 Å². The fraction of sp³-hybridized carbons (Fsp3) is 0.714. The molecule has 1 rings (SSSR count). The van der Waals surface area contributed by atoms with Crippen molar-refractivity contribution in [2.75, 3.05) is 13.1 Å². The average molecular weight is 173 g/mol. The molecule has 1 aliphatic rings. The molecule has 1 heterocycles. The van der Waals surface area contributed by atoms with Gasteiger partial charge in [0.1, 0.15) is 0 Å². The van der Waals surface area contributed by atoms with Gasteiger partial charge in [0.2, 0.25) is 6.41 Å². The van der Waals surface area contributed by atoms with Crippen LogP contribution in [0, 0.1) is 0 Å². The molecule has 0 saturated heterocycles. The van der Waals surface area contributed by atoms with E-state index in [1.165, 1.54) is 0 Å². The quantitative estimate of drug-likeness (QED) is 0.405. The van der Waals surface area contributed by atoms with Gasteiger partial charge in [0, 0.05) is 6.54 Å². The minimum atomic E-state index is -0.925. The van der Waals surface area contributed by atoms with E-state index in [1.54, 1.807) is 6.20 Å². The third-order valence-electron chi connectivity index (χ3n) is 1.43. The molecule has 0 aromatic heterocycles. The molecular formula is C7H15N3O2. The summed E-state index contributed by atoms with van der Waals surface area (Å²) in [6.45, 7) is 3.31. The Bertz CT molecular complexity index is 152.